The van der Waals surface area contributed by atoms with Crippen LogP contribution in [0.4, 0.5) is 0 Å². The van der Waals surface area contributed by atoms with E-state index in [-0.39, 0.29) is 18.1 Å². The second kappa shape index (κ2) is 15.6. The molecule has 0 aromatic carbocycles. The highest BCUT2D eigenvalue weighted by Gasteiger charge is 2.22. The molecule has 0 aromatic heterocycles. The predicted molar refractivity (Wildman–Crippen MR) is 137 cm³/mol. The van der Waals surface area contributed by atoms with Gasteiger partial charge in [-0.1, -0.05) is 30.3 Å². The number of unbranched alkanes of at least 4 members (excludes halogenated alkanes) is 2. The SMILES string of the molecule is C=CC(=O)OCCCCCOC1CCC(C#CC2CNC(C#CC3CCC(C#N)CC3)NC2)CC1. The Bertz CT molecular complexity index is 819. The summed E-state index contributed by atoms with van der Waals surface area (Å²) < 4.78 is 11.0. The van der Waals surface area contributed by atoms with Crippen LogP contribution in [0.5, 0.6) is 0 Å². The molecule has 6 heteroatoms. The first kappa shape index (κ1) is 27.3. The Morgan fingerprint density at radius 3 is 2.03 bits per heavy atom. The Labute approximate surface area is 211 Å². The van der Waals surface area contributed by atoms with Gasteiger partial charge in [0.15, 0.2) is 0 Å². The maximum Gasteiger partial charge on any atom is 0.330 e. The van der Waals surface area contributed by atoms with Crippen LogP contribution in [-0.4, -0.2) is 44.5 Å². The van der Waals surface area contributed by atoms with Crippen molar-refractivity contribution in [2.75, 3.05) is 26.3 Å². The number of carbonyl (C=O) groups excluding carboxylic acids is 1. The van der Waals surface area contributed by atoms with Crippen molar-refractivity contribution in [1.82, 2.24) is 10.6 Å². The fourth-order valence-electron chi connectivity index (χ4n) is 4.91. The fourth-order valence-corrected chi connectivity index (χ4v) is 4.91. The number of nitrogens with zero attached hydrogens (tertiary/aromatic N) is 1. The van der Waals surface area contributed by atoms with Crippen LogP contribution >= 0.6 is 0 Å². The molecule has 3 aliphatic rings. The zero-order valence-electron chi connectivity index (χ0n) is 21.0. The number of esters is 1. The van der Waals surface area contributed by atoms with Crippen LogP contribution in [0.15, 0.2) is 12.7 Å². The summed E-state index contributed by atoms with van der Waals surface area (Å²) in [7, 11) is 0. The zero-order valence-corrected chi connectivity index (χ0v) is 21.0. The molecule has 0 amide bonds. The van der Waals surface area contributed by atoms with Crippen LogP contribution in [0.2, 0.25) is 0 Å². The molecule has 6 nitrogen and oxygen atoms in total. The molecule has 1 saturated heterocycles. The van der Waals surface area contributed by atoms with E-state index in [1.54, 1.807) is 0 Å². The number of nitrogens with one attached hydrogen (secondary N) is 2. The van der Waals surface area contributed by atoms with Gasteiger partial charge in [-0.2, -0.15) is 5.26 Å². The summed E-state index contributed by atoms with van der Waals surface area (Å²) in [6, 6.07) is 2.39. The summed E-state index contributed by atoms with van der Waals surface area (Å²) >= 11 is 0. The molecule has 0 radical (unpaired) electrons. The van der Waals surface area contributed by atoms with Crippen LogP contribution in [0.3, 0.4) is 0 Å². The number of hydrogen-bond acceptors (Lipinski definition) is 6. The first-order valence-corrected chi connectivity index (χ1v) is 13.5. The summed E-state index contributed by atoms with van der Waals surface area (Å²) in [6.45, 7) is 6.39. The Balaban J connectivity index is 1.23. The van der Waals surface area contributed by atoms with Gasteiger partial charge < -0.3 is 9.47 Å². The Morgan fingerprint density at radius 1 is 0.800 bits per heavy atom. The van der Waals surface area contributed by atoms with Crippen LogP contribution < -0.4 is 10.6 Å². The van der Waals surface area contributed by atoms with E-state index in [4.69, 9.17) is 14.7 Å². The van der Waals surface area contributed by atoms with Gasteiger partial charge in [-0.3, -0.25) is 10.6 Å². The summed E-state index contributed by atoms with van der Waals surface area (Å²) in [5.74, 6) is 14.9. The minimum Gasteiger partial charge on any atom is -0.463 e. The van der Waals surface area contributed by atoms with E-state index in [1.165, 1.54) is 6.08 Å². The van der Waals surface area contributed by atoms with Crippen molar-refractivity contribution >= 4 is 5.97 Å². The molecule has 1 heterocycles. The van der Waals surface area contributed by atoms with Crippen LogP contribution in [0, 0.1) is 58.7 Å². The standard InChI is InChI=1S/C29H41N3O3/c1-2-29(33)35-19-5-3-4-18-34-27-15-12-24(13-16-27)8-11-26-21-31-28(32-22-26)17-14-23-6-9-25(20-30)10-7-23/h2,23-28,31-32H,1,3-7,9-10,12-13,15-16,18-19,21-22H2. The van der Waals surface area contributed by atoms with Gasteiger partial charge >= 0.3 is 5.97 Å². The highest BCUT2D eigenvalue weighted by Crippen LogP contribution is 2.28. The lowest BCUT2D eigenvalue weighted by atomic mass is 9.83. The monoisotopic (exact) mass is 479 g/mol. The minimum absolute atomic E-state index is 0.0523. The Hall–Kier alpha value is -2.30. The summed E-state index contributed by atoms with van der Waals surface area (Å²) in [4.78, 5) is 11.0. The number of carbonyl (C=O) groups is 1. The second-order valence-corrected chi connectivity index (χ2v) is 9.98. The van der Waals surface area contributed by atoms with Crippen molar-refractivity contribution in [2.24, 2.45) is 23.7 Å². The highest BCUT2D eigenvalue weighted by atomic mass is 16.5. The normalized spacial score (nSPS) is 30.5. The third kappa shape index (κ3) is 10.5. The van der Waals surface area contributed by atoms with E-state index in [9.17, 15) is 4.79 Å². The molecular formula is C29H41N3O3. The number of ether oxygens (including phenoxy) is 2. The molecule has 0 aromatic rings. The molecule has 35 heavy (non-hydrogen) atoms. The summed E-state index contributed by atoms with van der Waals surface area (Å²) in [5, 5.41) is 16.0. The van der Waals surface area contributed by atoms with Gasteiger partial charge in [0.25, 0.3) is 0 Å². The summed E-state index contributed by atoms with van der Waals surface area (Å²) in [6.07, 6.45) is 13.0. The van der Waals surface area contributed by atoms with E-state index < -0.39 is 0 Å². The van der Waals surface area contributed by atoms with E-state index >= 15 is 0 Å². The topological polar surface area (TPSA) is 83.4 Å². The van der Waals surface area contributed by atoms with Gasteiger partial charge in [-0.15, -0.1) is 0 Å². The highest BCUT2D eigenvalue weighted by molar-refractivity contribution is 5.81. The van der Waals surface area contributed by atoms with Crippen molar-refractivity contribution in [3.63, 3.8) is 0 Å². The first-order valence-electron chi connectivity index (χ1n) is 13.5. The maximum absolute atomic E-state index is 11.0. The second-order valence-electron chi connectivity index (χ2n) is 9.98. The minimum atomic E-state index is -0.350. The predicted octanol–water partition coefficient (Wildman–Crippen LogP) is 3.93. The first-order chi connectivity index (χ1) is 17.2. The molecule has 0 bridgehead atoms. The molecule has 2 N–H and O–H groups in total. The molecule has 1 aliphatic heterocycles. The molecule has 3 rings (SSSR count). The van der Waals surface area contributed by atoms with Gasteiger partial charge in [-0.25, -0.2) is 4.79 Å². The molecule has 3 fully saturated rings. The molecule has 0 atom stereocenters. The molecule has 190 valence electrons. The quantitative estimate of drug-likeness (QED) is 0.238. The average Bonchev–Trinajstić information content (AvgIpc) is 2.91. The van der Waals surface area contributed by atoms with Crippen molar-refractivity contribution in [3.8, 4) is 29.8 Å². The lowest BCUT2D eigenvalue weighted by Crippen LogP contribution is -2.51. The third-order valence-corrected chi connectivity index (χ3v) is 7.20. The lowest BCUT2D eigenvalue weighted by molar-refractivity contribution is -0.137. The van der Waals surface area contributed by atoms with Gasteiger partial charge in [0, 0.05) is 49.4 Å². The third-order valence-electron chi connectivity index (χ3n) is 7.20. The Morgan fingerprint density at radius 2 is 1.37 bits per heavy atom. The van der Waals surface area contributed by atoms with Crippen molar-refractivity contribution in [3.05, 3.63) is 12.7 Å². The summed E-state index contributed by atoms with van der Waals surface area (Å²) in [5.41, 5.74) is 0. The van der Waals surface area contributed by atoms with E-state index in [1.807, 2.05) is 0 Å². The fraction of sp³-hybridized carbons (Fsp3) is 0.724. The Kier molecular flexibility index (Phi) is 12.2. The van der Waals surface area contributed by atoms with E-state index in [0.717, 1.165) is 90.3 Å². The van der Waals surface area contributed by atoms with Crippen molar-refractivity contribution < 1.29 is 14.3 Å². The largest absolute Gasteiger partial charge is 0.463 e. The van der Waals surface area contributed by atoms with Crippen molar-refractivity contribution in [1.29, 1.82) is 5.26 Å². The maximum atomic E-state index is 11.0. The van der Waals surface area contributed by atoms with Crippen LogP contribution in [-0.2, 0) is 14.3 Å². The average molecular weight is 480 g/mol. The van der Waals surface area contributed by atoms with Crippen LogP contribution in [0.1, 0.15) is 70.6 Å². The smallest absolute Gasteiger partial charge is 0.330 e. The van der Waals surface area contributed by atoms with Crippen LogP contribution in [0.25, 0.3) is 0 Å². The lowest BCUT2D eigenvalue weighted by Gasteiger charge is -2.27. The van der Waals surface area contributed by atoms with E-state index in [2.05, 4.69) is 47.0 Å². The number of nitriles is 1. The number of hydrogen-bond donors (Lipinski definition) is 2. The molecule has 0 spiro atoms. The zero-order chi connectivity index (χ0) is 24.7. The molecule has 0 unspecified atom stereocenters. The van der Waals surface area contributed by atoms with Gasteiger partial charge in [0.05, 0.1) is 18.8 Å². The molecular weight excluding hydrogens is 438 g/mol. The van der Waals surface area contributed by atoms with E-state index in [0.29, 0.717) is 30.5 Å². The van der Waals surface area contributed by atoms with Gasteiger partial charge in [0.1, 0.15) is 6.17 Å². The van der Waals surface area contributed by atoms with Crippen molar-refractivity contribution in [2.45, 2.75) is 82.9 Å². The number of rotatable bonds is 8. The molecule has 2 saturated carbocycles. The van der Waals surface area contributed by atoms with Gasteiger partial charge in [0.2, 0.25) is 0 Å². The molecule has 2 aliphatic carbocycles. The van der Waals surface area contributed by atoms with Gasteiger partial charge in [-0.05, 0) is 70.6 Å².